The molecule has 3 amide bonds. The van der Waals surface area contributed by atoms with Crippen LogP contribution in [0.2, 0.25) is 0 Å². The molecule has 3 aromatic rings. The van der Waals surface area contributed by atoms with Crippen LogP contribution in [-0.4, -0.2) is 28.7 Å². The van der Waals surface area contributed by atoms with E-state index in [4.69, 9.17) is 0 Å². The number of benzene rings is 1. The van der Waals surface area contributed by atoms with Crippen molar-refractivity contribution in [1.29, 1.82) is 0 Å². The molecule has 0 atom stereocenters. The molecule has 174 valence electrons. The van der Waals surface area contributed by atoms with Gasteiger partial charge in [-0.2, -0.15) is 0 Å². The summed E-state index contributed by atoms with van der Waals surface area (Å²) >= 11 is 1.47. The molecule has 0 spiro atoms. The standard InChI is InChI=1S/C26H26N4O3S/c1-15-8-9-16(23(31)28-18-10-11-18)13-20(15)29-25(33)22-19-6-2-3-7-21(19)34-26(22)30-24(32)17-5-4-12-27-14-17/h4-5,8-9,12-14,18H,2-3,6-7,10-11H2,1H3,(H,28,31)(H,29,33)(H,30,32). The number of fused-ring (bicyclic) bond motifs is 1. The maximum atomic E-state index is 13.5. The normalized spacial score (nSPS) is 14.7. The highest BCUT2D eigenvalue weighted by molar-refractivity contribution is 7.17. The summed E-state index contributed by atoms with van der Waals surface area (Å²) in [5, 5.41) is 9.48. The minimum Gasteiger partial charge on any atom is -0.349 e. The Morgan fingerprint density at radius 1 is 0.971 bits per heavy atom. The summed E-state index contributed by atoms with van der Waals surface area (Å²) in [6.45, 7) is 1.90. The van der Waals surface area contributed by atoms with E-state index >= 15 is 0 Å². The van der Waals surface area contributed by atoms with Crippen LogP contribution in [0.15, 0.2) is 42.7 Å². The van der Waals surface area contributed by atoms with Crippen LogP contribution in [-0.2, 0) is 12.8 Å². The highest BCUT2D eigenvalue weighted by atomic mass is 32.1. The number of carbonyl (C=O) groups is 3. The first-order chi connectivity index (χ1) is 16.5. The molecule has 8 heteroatoms. The lowest BCUT2D eigenvalue weighted by molar-refractivity contribution is 0.0948. The second kappa shape index (κ2) is 9.38. The van der Waals surface area contributed by atoms with Crippen molar-refractivity contribution in [2.45, 2.75) is 51.5 Å². The van der Waals surface area contributed by atoms with Gasteiger partial charge in [0.25, 0.3) is 17.7 Å². The lowest BCUT2D eigenvalue weighted by atomic mass is 9.95. The molecule has 7 nitrogen and oxygen atoms in total. The maximum absolute atomic E-state index is 13.5. The molecule has 1 fully saturated rings. The van der Waals surface area contributed by atoms with Gasteiger partial charge in [-0.25, -0.2) is 0 Å². The Balaban J connectivity index is 1.42. The third-order valence-electron chi connectivity index (χ3n) is 6.21. The Hall–Kier alpha value is -3.52. The fourth-order valence-electron chi connectivity index (χ4n) is 4.15. The number of carbonyl (C=O) groups excluding carboxylic acids is 3. The van der Waals surface area contributed by atoms with E-state index in [0.717, 1.165) is 54.5 Å². The van der Waals surface area contributed by atoms with Crippen LogP contribution in [0.3, 0.4) is 0 Å². The lowest BCUT2D eigenvalue weighted by Gasteiger charge is -2.15. The largest absolute Gasteiger partial charge is 0.349 e. The zero-order valence-electron chi connectivity index (χ0n) is 18.9. The summed E-state index contributed by atoms with van der Waals surface area (Å²) in [7, 11) is 0. The minimum absolute atomic E-state index is 0.129. The second-order valence-corrected chi connectivity index (χ2v) is 9.95. The average Bonchev–Trinajstić information content (AvgIpc) is 3.58. The molecule has 2 aliphatic carbocycles. The fraction of sp³-hybridized carbons (Fsp3) is 0.308. The molecule has 0 unspecified atom stereocenters. The van der Waals surface area contributed by atoms with Crippen LogP contribution >= 0.6 is 11.3 Å². The van der Waals surface area contributed by atoms with Crippen molar-refractivity contribution >= 4 is 39.7 Å². The third kappa shape index (κ3) is 4.72. The zero-order chi connectivity index (χ0) is 23.7. The summed E-state index contributed by atoms with van der Waals surface area (Å²) in [6.07, 6.45) is 8.93. The fourth-order valence-corrected chi connectivity index (χ4v) is 5.43. The topological polar surface area (TPSA) is 100 Å². The molecular weight excluding hydrogens is 448 g/mol. The molecule has 0 saturated heterocycles. The van der Waals surface area contributed by atoms with Gasteiger partial charge in [-0.15, -0.1) is 11.3 Å². The van der Waals surface area contributed by atoms with Gasteiger partial charge in [-0.1, -0.05) is 6.07 Å². The van der Waals surface area contributed by atoms with Crippen LogP contribution in [0.5, 0.6) is 0 Å². The first-order valence-electron chi connectivity index (χ1n) is 11.6. The predicted octanol–water partition coefficient (Wildman–Crippen LogP) is 4.73. The van der Waals surface area contributed by atoms with Gasteiger partial charge in [0.15, 0.2) is 0 Å². The van der Waals surface area contributed by atoms with Gasteiger partial charge >= 0.3 is 0 Å². The number of amides is 3. The molecule has 3 N–H and O–H groups in total. The van der Waals surface area contributed by atoms with Crippen LogP contribution < -0.4 is 16.0 Å². The van der Waals surface area contributed by atoms with Gasteiger partial charge in [0.1, 0.15) is 5.00 Å². The maximum Gasteiger partial charge on any atom is 0.258 e. The Morgan fingerprint density at radius 2 is 1.79 bits per heavy atom. The van der Waals surface area contributed by atoms with Crippen molar-refractivity contribution in [3.8, 4) is 0 Å². The molecule has 1 saturated carbocycles. The van der Waals surface area contributed by atoms with E-state index < -0.39 is 0 Å². The monoisotopic (exact) mass is 474 g/mol. The van der Waals surface area contributed by atoms with Crippen molar-refractivity contribution in [2.24, 2.45) is 0 Å². The van der Waals surface area contributed by atoms with E-state index in [1.54, 1.807) is 30.5 Å². The Labute approximate surface area is 202 Å². The molecule has 5 rings (SSSR count). The molecule has 0 bridgehead atoms. The number of aryl methyl sites for hydroxylation is 2. The number of rotatable bonds is 6. The summed E-state index contributed by atoms with van der Waals surface area (Å²) in [6, 6.07) is 8.99. The number of thiophene rings is 1. The van der Waals surface area contributed by atoms with Crippen LogP contribution in [0, 0.1) is 6.92 Å². The number of pyridine rings is 1. The molecule has 34 heavy (non-hydrogen) atoms. The third-order valence-corrected chi connectivity index (χ3v) is 7.42. The first-order valence-corrected chi connectivity index (χ1v) is 12.4. The van der Waals surface area contributed by atoms with Gasteiger partial charge in [0, 0.05) is 34.6 Å². The van der Waals surface area contributed by atoms with Crippen LogP contribution in [0.4, 0.5) is 10.7 Å². The Bertz CT molecular complexity index is 1260. The van der Waals surface area contributed by atoms with Gasteiger partial charge in [-0.05, 0) is 80.8 Å². The van der Waals surface area contributed by atoms with Crippen molar-refractivity contribution < 1.29 is 14.4 Å². The van der Waals surface area contributed by atoms with Gasteiger partial charge < -0.3 is 16.0 Å². The Kier molecular flexibility index (Phi) is 6.15. The molecular formula is C26H26N4O3S. The van der Waals surface area contributed by atoms with Crippen LogP contribution in [0.1, 0.15) is 72.8 Å². The predicted molar refractivity (Wildman–Crippen MR) is 133 cm³/mol. The number of aromatic nitrogens is 1. The lowest BCUT2D eigenvalue weighted by Crippen LogP contribution is -2.25. The summed E-state index contributed by atoms with van der Waals surface area (Å²) < 4.78 is 0. The molecule has 0 aliphatic heterocycles. The minimum atomic E-state index is -0.296. The molecule has 2 aliphatic rings. The van der Waals surface area contributed by atoms with E-state index in [2.05, 4.69) is 20.9 Å². The number of nitrogens with zero attached hydrogens (tertiary/aromatic N) is 1. The highest BCUT2D eigenvalue weighted by Gasteiger charge is 2.28. The van der Waals surface area contributed by atoms with E-state index in [1.807, 2.05) is 13.0 Å². The second-order valence-electron chi connectivity index (χ2n) is 8.84. The smallest absolute Gasteiger partial charge is 0.258 e. The Morgan fingerprint density at radius 3 is 2.56 bits per heavy atom. The highest BCUT2D eigenvalue weighted by Crippen LogP contribution is 2.39. The van der Waals surface area contributed by atoms with E-state index in [0.29, 0.717) is 27.4 Å². The molecule has 2 heterocycles. The zero-order valence-corrected chi connectivity index (χ0v) is 19.8. The summed E-state index contributed by atoms with van der Waals surface area (Å²) in [5.74, 6) is -0.699. The molecule has 0 radical (unpaired) electrons. The van der Waals surface area contributed by atoms with E-state index in [1.165, 1.54) is 17.5 Å². The number of nitrogens with one attached hydrogen (secondary N) is 3. The number of anilines is 2. The number of hydrogen-bond acceptors (Lipinski definition) is 5. The van der Waals surface area contributed by atoms with E-state index in [-0.39, 0.29) is 23.8 Å². The average molecular weight is 475 g/mol. The van der Waals surface area contributed by atoms with E-state index in [9.17, 15) is 14.4 Å². The summed E-state index contributed by atoms with van der Waals surface area (Å²) in [5.41, 5.74) is 3.94. The SMILES string of the molecule is Cc1ccc(C(=O)NC2CC2)cc1NC(=O)c1c(NC(=O)c2cccnc2)sc2c1CCCC2. The molecule has 2 aromatic heterocycles. The van der Waals surface area contributed by atoms with Crippen molar-refractivity contribution in [3.05, 3.63) is 75.4 Å². The quantitative estimate of drug-likeness (QED) is 0.481. The summed E-state index contributed by atoms with van der Waals surface area (Å²) in [4.78, 5) is 44.0. The first kappa shape index (κ1) is 22.3. The van der Waals surface area contributed by atoms with Crippen molar-refractivity contribution in [1.82, 2.24) is 10.3 Å². The molecule has 1 aromatic carbocycles. The van der Waals surface area contributed by atoms with Crippen molar-refractivity contribution in [2.75, 3.05) is 10.6 Å². The van der Waals surface area contributed by atoms with Gasteiger partial charge in [0.2, 0.25) is 0 Å². The van der Waals surface area contributed by atoms with Crippen LogP contribution in [0.25, 0.3) is 0 Å². The number of hydrogen-bond donors (Lipinski definition) is 3. The van der Waals surface area contributed by atoms with Gasteiger partial charge in [0.05, 0.1) is 11.1 Å². The van der Waals surface area contributed by atoms with Crippen molar-refractivity contribution in [3.63, 3.8) is 0 Å². The van der Waals surface area contributed by atoms with Gasteiger partial charge in [-0.3, -0.25) is 19.4 Å².